The summed E-state index contributed by atoms with van der Waals surface area (Å²) in [7, 11) is 0. The number of likely N-dealkylation sites (tertiary alicyclic amines) is 1. The molecule has 138 valence electrons. The van der Waals surface area contributed by atoms with Crippen molar-refractivity contribution in [2.24, 2.45) is 0 Å². The predicted molar refractivity (Wildman–Crippen MR) is 100 cm³/mol. The summed E-state index contributed by atoms with van der Waals surface area (Å²) in [6.45, 7) is 4.46. The number of rotatable bonds is 12. The van der Waals surface area contributed by atoms with Crippen molar-refractivity contribution in [2.75, 3.05) is 12.3 Å². The van der Waals surface area contributed by atoms with Crippen LogP contribution in [0.1, 0.15) is 65.2 Å². The van der Waals surface area contributed by atoms with Crippen molar-refractivity contribution in [3.63, 3.8) is 0 Å². The van der Waals surface area contributed by atoms with E-state index in [0.29, 0.717) is 12.3 Å². The summed E-state index contributed by atoms with van der Waals surface area (Å²) in [4.78, 5) is 37.0. The van der Waals surface area contributed by atoms with Crippen molar-refractivity contribution in [3.05, 3.63) is 0 Å². The quantitative estimate of drug-likeness (QED) is 0.299. The molecule has 24 heavy (non-hydrogen) atoms. The Morgan fingerprint density at radius 2 is 1.83 bits per heavy atom. The average molecular weight is 419 g/mol. The maximum atomic E-state index is 12.6. The SMILES string of the molecule is CCCCCCCCCN1C(=O)CC(C)(SCC([AsH2])C(=O)O)C1=O. The second-order valence-electron chi connectivity index (χ2n) is 6.64. The Kier molecular flexibility index (Phi) is 9.43. The normalized spacial score (nSPS) is 22.2. The molecule has 0 spiro atoms. The van der Waals surface area contributed by atoms with Crippen molar-refractivity contribution < 1.29 is 19.5 Å². The zero-order valence-electron chi connectivity index (χ0n) is 14.8. The second-order valence-corrected chi connectivity index (χ2v) is 9.85. The summed E-state index contributed by atoms with van der Waals surface area (Å²) in [6, 6.07) is 0. The van der Waals surface area contributed by atoms with Gasteiger partial charge in [-0.3, -0.25) is 0 Å². The molecule has 0 bridgehead atoms. The van der Waals surface area contributed by atoms with Crippen LogP contribution in [-0.4, -0.2) is 61.7 Å². The fraction of sp³-hybridized carbons (Fsp3) is 0.824. The van der Waals surface area contributed by atoms with E-state index in [1.807, 2.05) is 0 Å². The Hall–Kier alpha value is -0.482. The molecule has 0 radical (unpaired) electrons. The van der Waals surface area contributed by atoms with E-state index in [9.17, 15) is 14.4 Å². The van der Waals surface area contributed by atoms with Crippen molar-refractivity contribution in [2.45, 2.75) is 74.7 Å². The Morgan fingerprint density at radius 1 is 1.25 bits per heavy atom. The second kappa shape index (κ2) is 10.5. The molecule has 1 fully saturated rings. The van der Waals surface area contributed by atoms with Gasteiger partial charge in [-0.2, -0.15) is 0 Å². The molecule has 0 aliphatic carbocycles. The Morgan fingerprint density at radius 3 is 2.42 bits per heavy atom. The number of hydrogen-bond donors (Lipinski definition) is 1. The maximum absolute atomic E-state index is 12.6. The van der Waals surface area contributed by atoms with E-state index in [2.05, 4.69) is 6.92 Å². The third kappa shape index (κ3) is 6.44. The molecule has 1 aliphatic rings. The molecule has 1 heterocycles. The van der Waals surface area contributed by atoms with Crippen molar-refractivity contribution in [1.82, 2.24) is 4.90 Å². The van der Waals surface area contributed by atoms with Gasteiger partial charge in [0.2, 0.25) is 0 Å². The van der Waals surface area contributed by atoms with Gasteiger partial charge in [0.05, 0.1) is 0 Å². The van der Waals surface area contributed by atoms with Crippen LogP contribution in [-0.2, 0) is 14.4 Å². The Labute approximate surface area is 157 Å². The fourth-order valence-electron chi connectivity index (χ4n) is 2.77. The van der Waals surface area contributed by atoms with Crippen molar-refractivity contribution >= 4 is 46.4 Å². The van der Waals surface area contributed by atoms with E-state index in [1.54, 1.807) is 6.92 Å². The van der Waals surface area contributed by atoms with Gasteiger partial charge in [0.15, 0.2) is 0 Å². The molecule has 1 N–H and O–H groups in total. The number of hydrogen-bond acceptors (Lipinski definition) is 4. The minimum atomic E-state index is -0.845. The first-order valence-corrected chi connectivity index (χ1v) is 11.2. The van der Waals surface area contributed by atoms with Crippen LogP contribution in [0.25, 0.3) is 0 Å². The molecule has 3 unspecified atom stereocenters. The summed E-state index contributed by atoms with van der Waals surface area (Å²) in [5.41, 5.74) is 0. The van der Waals surface area contributed by atoms with Gasteiger partial charge in [0, 0.05) is 0 Å². The molecule has 0 aromatic heterocycles. The summed E-state index contributed by atoms with van der Waals surface area (Å²) < 4.78 is -1.25. The molecule has 1 rings (SSSR count). The molecule has 1 saturated heterocycles. The van der Waals surface area contributed by atoms with Gasteiger partial charge in [0.25, 0.3) is 0 Å². The number of thioether (sulfide) groups is 1. The van der Waals surface area contributed by atoms with Crippen molar-refractivity contribution in [1.29, 1.82) is 0 Å². The number of amides is 2. The number of nitrogens with zero attached hydrogens (tertiary/aromatic N) is 1. The summed E-state index contributed by atoms with van der Waals surface area (Å²) in [5, 5.41) is 8.97. The Bertz CT molecular complexity index is 460. The Balaban J connectivity index is 2.38. The summed E-state index contributed by atoms with van der Waals surface area (Å²) in [5.74, 6) is -0.735. The zero-order chi connectivity index (χ0) is 18.2. The molecular formula is C17H30AsNO4S. The monoisotopic (exact) mass is 419 g/mol. The molecule has 0 saturated carbocycles. The van der Waals surface area contributed by atoms with Crippen LogP contribution in [0.3, 0.4) is 0 Å². The van der Waals surface area contributed by atoms with Gasteiger partial charge >= 0.3 is 138 Å². The average Bonchev–Trinajstić information content (AvgIpc) is 2.74. The van der Waals surface area contributed by atoms with Gasteiger partial charge in [0.1, 0.15) is 0 Å². The first-order chi connectivity index (χ1) is 11.3. The number of unbranched alkanes of at least 4 members (excludes halogenated alkanes) is 6. The van der Waals surface area contributed by atoms with Crippen LogP contribution in [0.2, 0.25) is 4.71 Å². The van der Waals surface area contributed by atoms with Crippen LogP contribution in [0.4, 0.5) is 0 Å². The molecule has 3 atom stereocenters. The third-order valence-corrected chi connectivity index (χ3v) is 7.66. The van der Waals surface area contributed by atoms with Crippen LogP contribution < -0.4 is 0 Å². The molecule has 7 heteroatoms. The standard InChI is InChI=1S/C17H30AsNO4S/c1-3-4-5-6-7-8-9-10-19-14(20)11-17(2,16(19)23)24-12-13(18)15(21)22/h13H,3-12,18H2,1-2H3,(H,21,22). The third-order valence-electron chi connectivity index (χ3n) is 4.37. The summed E-state index contributed by atoms with van der Waals surface area (Å²) >= 11 is 2.45. The van der Waals surface area contributed by atoms with Gasteiger partial charge in [-0.25, -0.2) is 0 Å². The van der Waals surface area contributed by atoms with E-state index >= 15 is 0 Å². The number of aliphatic carboxylic acids is 1. The first kappa shape index (κ1) is 21.6. The molecule has 0 aromatic carbocycles. The van der Waals surface area contributed by atoms with E-state index in [1.165, 1.54) is 42.3 Å². The first-order valence-electron chi connectivity index (χ1n) is 8.79. The molecular weight excluding hydrogens is 389 g/mol. The van der Waals surface area contributed by atoms with Gasteiger partial charge in [-0.1, -0.05) is 19.8 Å². The van der Waals surface area contributed by atoms with E-state index in [-0.39, 0.29) is 18.2 Å². The van der Waals surface area contributed by atoms with Crippen molar-refractivity contribution in [3.8, 4) is 0 Å². The van der Waals surface area contributed by atoms with E-state index < -0.39 is 15.4 Å². The number of imide groups is 1. The van der Waals surface area contributed by atoms with Gasteiger partial charge in [-0.15, -0.1) is 0 Å². The van der Waals surface area contributed by atoms with E-state index in [4.69, 9.17) is 5.11 Å². The van der Waals surface area contributed by atoms with Crippen LogP contribution >= 0.6 is 11.8 Å². The molecule has 0 aromatic rings. The minimum absolute atomic E-state index is 0.116. The summed E-state index contributed by atoms with van der Waals surface area (Å²) in [6.07, 6.45) is 8.23. The number of carbonyl (C=O) groups excluding carboxylic acids is 2. The van der Waals surface area contributed by atoms with Crippen LogP contribution in [0.5, 0.6) is 0 Å². The predicted octanol–water partition coefficient (Wildman–Crippen LogP) is 2.49. The number of carboxylic acid groups (broad SMARTS) is 1. The molecule has 1 aliphatic heterocycles. The van der Waals surface area contributed by atoms with Gasteiger partial charge < -0.3 is 0 Å². The molecule has 2 amide bonds. The fourth-order valence-corrected chi connectivity index (χ4v) is 4.52. The van der Waals surface area contributed by atoms with E-state index in [0.717, 1.165) is 36.1 Å². The van der Waals surface area contributed by atoms with Gasteiger partial charge in [-0.05, 0) is 0 Å². The van der Waals surface area contributed by atoms with Crippen LogP contribution in [0.15, 0.2) is 0 Å². The number of carbonyl (C=O) groups is 3. The topological polar surface area (TPSA) is 74.7 Å². The van der Waals surface area contributed by atoms with Crippen LogP contribution in [0, 0.1) is 0 Å². The molecule has 5 nitrogen and oxygen atoms in total. The number of carboxylic acids is 1. The zero-order valence-corrected chi connectivity index (χ0v) is 18.0.